The van der Waals surface area contributed by atoms with Gasteiger partial charge in [-0.2, -0.15) is 0 Å². The molecule has 0 atom stereocenters. The second kappa shape index (κ2) is 40.4. The smallest absolute Gasteiger partial charge is 0.143 e. The van der Waals surface area contributed by atoms with Gasteiger partial charge in [0.05, 0.1) is 22.1 Å². The number of nitrogens with zero attached hydrogens (tertiary/aromatic N) is 2. The monoisotopic (exact) mass is 1950 g/mol. The van der Waals surface area contributed by atoms with Crippen molar-refractivity contribution in [1.82, 2.24) is 9.13 Å². The van der Waals surface area contributed by atoms with Crippen molar-refractivity contribution in [1.29, 1.82) is 0 Å². The van der Waals surface area contributed by atoms with Crippen LogP contribution < -0.4 is 0 Å². The molecule has 26 rings (SSSR count). The Balaban J connectivity index is 0.000000105. The summed E-state index contributed by atoms with van der Waals surface area (Å²) in [4.78, 5) is 0. The Hall–Kier alpha value is -16.8. The van der Waals surface area contributed by atoms with Crippen LogP contribution >= 0.6 is 0 Å². The maximum atomic E-state index is 6.21. The first-order chi connectivity index (χ1) is 72.2. The fourth-order valence-electron chi connectivity index (χ4n) is 21.0. The van der Waals surface area contributed by atoms with Crippen LogP contribution in [0.15, 0.2) is 479 Å². The van der Waals surface area contributed by atoms with Crippen LogP contribution in [0.2, 0.25) is 0 Å². The lowest BCUT2D eigenvalue weighted by molar-refractivity contribution is 0.590. The molecule has 740 valence electrons. The number of hydrogen-bond acceptors (Lipinski definition) is 4. The quantitative estimate of drug-likeness (QED) is 0.152. The molecule has 0 aliphatic heterocycles. The molecule has 0 aliphatic rings. The van der Waals surface area contributed by atoms with Gasteiger partial charge in [0, 0.05) is 92.7 Å². The minimum absolute atomic E-state index is 0.0881. The third-order valence-electron chi connectivity index (χ3n) is 29.3. The van der Waals surface area contributed by atoms with Gasteiger partial charge in [0.25, 0.3) is 0 Å². The van der Waals surface area contributed by atoms with Crippen molar-refractivity contribution in [3.8, 4) is 78.1 Å². The molecule has 0 radical (unpaired) electrons. The summed E-state index contributed by atoms with van der Waals surface area (Å²) in [7, 11) is 0. The first kappa shape index (κ1) is 99.2. The SMILES string of the molecule is CC(C)(C)c1ccc(-c2ccc3c(c2)c2ccccc2n3-c2ccccc2)cc1.CC(C)(C)c1ccc(-c2cccc3c2oc2ccccc23)cc1.CC(C)(C)c1cccc(-c2ccc3c(c2)c2ccccc2n3-c2ccccc2)c1.CC(C)(C)c1cccc(-c2ccc3oc4ccccc4c3c2)c1.CC(C)(C)c1cccc(-c2cccc3c2oc2ccccc23)c1.CC(C)(C)c1ccccc1-c1cccc2c1oc1ccccc12. The average Bonchev–Trinajstić information content (AvgIpc) is 1.60. The normalized spacial score (nSPS) is 12.1. The standard InChI is InChI=1S/2C28H25N.4C22H20O/c1-28(2,3)22-11-9-10-20(18-22)21-16-17-27-25(19-21)24-14-7-8-15-26(24)29(27)23-12-5-4-6-13-23;1-28(2,3)22-16-13-20(14-17-22)21-15-18-27-25(19-21)24-11-7-8-12-26(24)29(27)23-9-5-4-6-10-23;1-22(2,3)19-13-6-4-9-15(19)17-11-8-12-18-16-10-5-7-14-20(16)23-21(17)18;1-22(2,3)16-9-6-8-15(14-16)17-11-7-12-19-18-10-4-5-13-20(18)23-21(17)19;1-22(2,3)17-8-6-7-15(13-17)16-11-12-21-19(14-16)18-9-4-5-10-20(18)23-21;1-22(2,3)16-13-11-15(12-14-16)17-8-6-9-19-18-7-4-5-10-20(18)23-21(17)19/h2*4-19H,1-3H3;4*4-14H,1-3H3. The Morgan fingerprint density at radius 2 is 0.420 bits per heavy atom. The van der Waals surface area contributed by atoms with Gasteiger partial charge in [0.2, 0.25) is 0 Å². The van der Waals surface area contributed by atoms with E-state index in [0.29, 0.717) is 0 Å². The number of benzene rings is 20. The molecular weight excluding hydrogens is 1820 g/mol. The van der Waals surface area contributed by atoms with Crippen LogP contribution in [0.1, 0.15) is 158 Å². The van der Waals surface area contributed by atoms with E-state index in [1.165, 1.54) is 187 Å². The number of para-hydroxylation sites is 11. The maximum Gasteiger partial charge on any atom is 0.143 e. The zero-order valence-corrected chi connectivity index (χ0v) is 89.4. The molecule has 150 heavy (non-hydrogen) atoms. The third-order valence-corrected chi connectivity index (χ3v) is 29.3. The summed E-state index contributed by atoms with van der Waals surface area (Å²) >= 11 is 0. The Kier molecular flexibility index (Phi) is 26.7. The van der Waals surface area contributed by atoms with E-state index < -0.39 is 0 Å². The van der Waals surface area contributed by atoms with Crippen molar-refractivity contribution < 1.29 is 17.7 Å². The lowest BCUT2D eigenvalue weighted by Gasteiger charge is -2.23. The summed E-state index contributed by atoms with van der Waals surface area (Å²) in [5, 5.41) is 14.6. The van der Waals surface area contributed by atoms with Gasteiger partial charge in [-0.05, 0) is 213 Å². The minimum atomic E-state index is 0.0881. The molecule has 0 fully saturated rings. The van der Waals surface area contributed by atoms with Crippen molar-refractivity contribution >= 4 is 131 Å². The van der Waals surface area contributed by atoms with Gasteiger partial charge in [0.15, 0.2) is 0 Å². The molecular formula is C144H130N2O4. The Morgan fingerprint density at radius 1 is 0.147 bits per heavy atom. The number of fused-ring (bicyclic) bond motifs is 18. The highest BCUT2D eigenvalue weighted by molar-refractivity contribution is 6.15. The van der Waals surface area contributed by atoms with E-state index >= 15 is 0 Å². The number of aromatic nitrogens is 2. The molecule has 0 unspecified atom stereocenters. The predicted molar refractivity (Wildman–Crippen MR) is 641 cm³/mol. The van der Waals surface area contributed by atoms with E-state index in [0.717, 1.165) is 55.8 Å². The summed E-state index contributed by atoms with van der Waals surface area (Å²) < 4.78 is 29.1. The van der Waals surface area contributed by atoms with Gasteiger partial charge in [-0.25, -0.2) is 0 Å². The third kappa shape index (κ3) is 20.3. The van der Waals surface area contributed by atoms with Crippen LogP contribution in [0.25, 0.3) is 210 Å². The summed E-state index contributed by atoms with van der Waals surface area (Å²) in [5.41, 5.74) is 38.7. The van der Waals surface area contributed by atoms with Crippen molar-refractivity contribution in [3.05, 3.63) is 494 Å². The largest absolute Gasteiger partial charge is 0.456 e. The van der Waals surface area contributed by atoms with Gasteiger partial charge >= 0.3 is 0 Å². The van der Waals surface area contributed by atoms with Crippen molar-refractivity contribution in [2.75, 3.05) is 0 Å². The lowest BCUT2D eigenvalue weighted by atomic mass is 9.81. The van der Waals surface area contributed by atoms with E-state index in [1.54, 1.807) is 0 Å². The van der Waals surface area contributed by atoms with Gasteiger partial charge in [-0.15, -0.1) is 0 Å². The highest BCUT2D eigenvalue weighted by Crippen LogP contribution is 2.46. The molecule has 20 aromatic carbocycles. The second-order valence-corrected chi connectivity index (χ2v) is 45.9. The van der Waals surface area contributed by atoms with Crippen LogP contribution in [-0.4, -0.2) is 9.13 Å². The van der Waals surface area contributed by atoms with E-state index in [-0.39, 0.29) is 32.5 Å². The highest BCUT2D eigenvalue weighted by Gasteiger charge is 2.26. The Morgan fingerprint density at radius 3 is 0.840 bits per heavy atom. The first-order valence-electron chi connectivity index (χ1n) is 52.6. The van der Waals surface area contributed by atoms with E-state index in [2.05, 4.69) is 546 Å². The molecule has 0 saturated heterocycles. The molecule has 0 spiro atoms. The molecule has 6 nitrogen and oxygen atoms in total. The topological polar surface area (TPSA) is 62.4 Å². The Bertz CT molecular complexity index is 9400. The first-order valence-corrected chi connectivity index (χ1v) is 52.6. The molecule has 0 amide bonds. The predicted octanol–water partition coefficient (Wildman–Crippen LogP) is 41.7. The van der Waals surface area contributed by atoms with Crippen molar-refractivity contribution in [2.45, 2.75) is 157 Å². The molecule has 0 bridgehead atoms. The molecule has 6 heteroatoms. The summed E-state index contributed by atoms with van der Waals surface area (Å²) in [6, 6.07) is 164. The molecule has 0 aliphatic carbocycles. The van der Waals surface area contributed by atoms with Crippen LogP contribution in [0.3, 0.4) is 0 Å². The van der Waals surface area contributed by atoms with E-state index in [9.17, 15) is 0 Å². The van der Waals surface area contributed by atoms with Gasteiger partial charge in [0.1, 0.15) is 44.7 Å². The molecule has 6 aromatic heterocycles. The fraction of sp³-hybridized carbons (Fsp3) is 0.167. The van der Waals surface area contributed by atoms with E-state index in [4.69, 9.17) is 17.7 Å². The van der Waals surface area contributed by atoms with Gasteiger partial charge in [-0.3, -0.25) is 0 Å². The summed E-state index contributed by atoms with van der Waals surface area (Å²) in [6.45, 7) is 40.5. The van der Waals surface area contributed by atoms with E-state index in [1.807, 2.05) is 48.5 Å². The van der Waals surface area contributed by atoms with Gasteiger partial charge < -0.3 is 26.8 Å². The van der Waals surface area contributed by atoms with Crippen molar-refractivity contribution in [2.24, 2.45) is 0 Å². The zero-order chi connectivity index (χ0) is 104. The summed E-state index contributed by atoms with van der Waals surface area (Å²) in [5.74, 6) is 0. The van der Waals surface area contributed by atoms with Crippen LogP contribution in [0.4, 0.5) is 0 Å². The Labute approximate surface area is 881 Å². The molecule has 0 saturated carbocycles. The fourth-order valence-corrected chi connectivity index (χ4v) is 21.0. The van der Waals surface area contributed by atoms with Crippen LogP contribution in [0.5, 0.6) is 0 Å². The lowest BCUT2D eigenvalue weighted by Crippen LogP contribution is -2.12. The number of hydrogen-bond donors (Lipinski definition) is 0. The minimum Gasteiger partial charge on any atom is -0.456 e. The van der Waals surface area contributed by atoms with Gasteiger partial charge in [-0.1, -0.05) is 489 Å². The van der Waals surface area contributed by atoms with Crippen molar-refractivity contribution in [3.63, 3.8) is 0 Å². The van der Waals surface area contributed by atoms with Crippen LogP contribution in [0, 0.1) is 0 Å². The number of rotatable bonds is 8. The maximum absolute atomic E-state index is 6.21. The van der Waals surface area contributed by atoms with Crippen LogP contribution in [-0.2, 0) is 32.5 Å². The highest BCUT2D eigenvalue weighted by atomic mass is 16.3. The molecule has 0 N–H and O–H groups in total. The summed E-state index contributed by atoms with van der Waals surface area (Å²) in [6.07, 6.45) is 0. The molecule has 26 aromatic rings. The average molecular weight is 1950 g/mol. The second-order valence-electron chi connectivity index (χ2n) is 45.9. The molecule has 6 heterocycles. The number of furan rings is 4. The zero-order valence-electron chi connectivity index (χ0n) is 89.4.